The monoisotopic (exact) mass is 370 g/mol. The molecule has 4 nitrogen and oxygen atoms in total. The fourth-order valence-corrected chi connectivity index (χ4v) is 4.50. The summed E-state index contributed by atoms with van der Waals surface area (Å²) >= 11 is 3.12. The molecule has 1 N–H and O–H groups in total. The summed E-state index contributed by atoms with van der Waals surface area (Å²) in [6, 6.07) is 15.0. The van der Waals surface area contributed by atoms with Crippen LogP contribution in [0.5, 0.6) is 0 Å². The summed E-state index contributed by atoms with van der Waals surface area (Å²) in [6.07, 6.45) is 0. The number of aliphatic imine (C=N–C) groups is 1. The summed E-state index contributed by atoms with van der Waals surface area (Å²) in [4.78, 5) is 28.3. The molecule has 0 radical (unpaired) electrons. The molecule has 2 aromatic carbocycles. The lowest BCUT2D eigenvalue weighted by atomic mass is 10.1. The van der Waals surface area contributed by atoms with Crippen molar-refractivity contribution in [1.82, 2.24) is 0 Å². The Morgan fingerprint density at radius 3 is 2.60 bits per heavy atom. The van der Waals surface area contributed by atoms with Gasteiger partial charge in [0.2, 0.25) is 5.91 Å². The van der Waals surface area contributed by atoms with Crippen LogP contribution in [0.15, 0.2) is 53.5 Å². The smallest absolute Gasteiger partial charge is 0.237 e. The lowest BCUT2D eigenvalue weighted by Gasteiger charge is -2.17. The predicted octanol–water partition coefficient (Wildman–Crippen LogP) is 4.88. The number of carbonyl (C=O) groups is 2. The Bertz CT molecular complexity index is 832. The quantitative estimate of drug-likeness (QED) is 0.779. The van der Waals surface area contributed by atoms with Crippen molar-refractivity contribution in [3.8, 4) is 0 Å². The summed E-state index contributed by atoms with van der Waals surface area (Å²) in [6.45, 7) is 3.39. The Kier molecular flexibility index (Phi) is 5.60. The molecule has 0 fully saturated rings. The first-order chi connectivity index (χ1) is 12.0. The number of rotatable bonds is 4. The molecule has 0 aliphatic carbocycles. The lowest BCUT2D eigenvalue weighted by Crippen LogP contribution is -2.23. The van der Waals surface area contributed by atoms with Gasteiger partial charge in [-0.15, -0.1) is 0 Å². The first-order valence-electron chi connectivity index (χ1n) is 7.91. The van der Waals surface area contributed by atoms with Crippen LogP contribution in [0, 0.1) is 0 Å². The van der Waals surface area contributed by atoms with Crippen LogP contribution in [0.4, 0.5) is 11.4 Å². The summed E-state index contributed by atoms with van der Waals surface area (Å²) in [5, 5.41) is 2.62. The maximum absolute atomic E-state index is 12.4. The minimum absolute atomic E-state index is 0.00872. The van der Waals surface area contributed by atoms with E-state index in [1.54, 1.807) is 36.0 Å². The molecule has 3 rings (SSSR count). The Morgan fingerprint density at radius 1 is 1.16 bits per heavy atom. The van der Waals surface area contributed by atoms with Gasteiger partial charge in [-0.3, -0.25) is 9.59 Å². The molecular formula is C19H18N2O2S2. The van der Waals surface area contributed by atoms with E-state index in [0.717, 1.165) is 15.8 Å². The van der Waals surface area contributed by atoms with E-state index in [0.29, 0.717) is 11.3 Å². The van der Waals surface area contributed by atoms with Crippen molar-refractivity contribution < 1.29 is 9.59 Å². The first kappa shape index (κ1) is 17.8. The number of amides is 1. The van der Waals surface area contributed by atoms with Crippen molar-refractivity contribution >= 4 is 51.0 Å². The fraction of sp³-hybridized carbons (Fsp3) is 0.211. The average Bonchev–Trinajstić information content (AvgIpc) is 2.62. The fourth-order valence-electron chi connectivity index (χ4n) is 2.31. The third-order valence-electron chi connectivity index (χ3n) is 3.76. The number of benzene rings is 2. The van der Waals surface area contributed by atoms with E-state index in [-0.39, 0.29) is 16.9 Å². The normalized spacial score (nSPS) is 14.2. The number of nitrogens with one attached hydrogen (secondary N) is 1. The molecule has 2 aromatic rings. The maximum atomic E-state index is 12.4. The lowest BCUT2D eigenvalue weighted by molar-refractivity contribution is -0.115. The number of para-hydroxylation sites is 1. The van der Waals surface area contributed by atoms with Crippen LogP contribution >= 0.6 is 23.5 Å². The number of anilines is 1. The number of carbonyl (C=O) groups excluding carboxylic acids is 2. The van der Waals surface area contributed by atoms with Crippen molar-refractivity contribution in [1.29, 1.82) is 0 Å². The number of thioether (sulfide) groups is 2. The Morgan fingerprint density at radius 2 is 1.88 bits per heavy atom. The van der Waals surface area contributed by atoms with Crippen LogP contribution in [-0.2, 0) is 10.5 Å². The molecule has 1 atom stereocenters. The molecule has 1 aliphatic heterocycles. The molecule has 6 heteroatoms. The molecule has 0 saturated carbocycles. The number of nitrogens with zero attached hydrogens (tertiary/aromatic N) is 1. The number of ketones is 1. The number of hydrogen-bond acceptors (Lipinski definition) is 5. The Hall–Kier alpha value is -2.05. The molecular weight excluding hydrogens is 352 g/mol. The summed E-state index contributed by atoms with van der Waals surface area (Å²) in [5.74, 6) is 0.806. The van der Waals surface area contributed by atoms with Crippen molar-refractivity contribution in [2.75, 3.05) is 5.32 Å². The van der Waals surface area contributed by atoms with Gasteiger partial charge in [-0.25, -0.2) is 4.99 Å². The van der Waals surface area contributed by atoms with Gasteiger partial charge in [0.15, 0.2) is 5.78 Å². The first-order valence-corrected chi connectivity index (χ1v) is 9.77. The van der Waals surface area contributed by atoms with E-state index in [4.69, 9.17) is 0 Å². The van der Waals surface area contributed by atoms with Gasteiger partial charge in [0.1, 0.15) is 4.38 Å². The molecule has 0 spiro atoms. The highest BCUT2D eigenvalue weighted by Gasteiger charge is 2.20. The third kappa shape index (κ3) is 4.52. The van der Waals surface area contributed by atoms with E-state index >= 15 is 0 Å². The molecule has 25 heavy (non-hydrogen) atoms. The van der Waals surface area contributed by atoms with Crippen molar-refractivity contribution in [3.63, 3.8) is 0 Å². The predicted molar refractivity (Wildman–Crippen MR) is 107 cm³/mol. The second-order valence-corrected chi connectivity index (χ2v) is 8.23. The Balaban J connectivity index is 1.61. The average molecular weight is 370 g/mol. The highest BCUT2D eigenvalue weighted by Crippen LogP contribution is 2.35. The van der Waals surface area contributed by atoms with Gasteiger partial charge in [-0.2, -0.15) is 0 Å². The largest absolute Gasteiger partial charge is 0.325 e. The second-order valence-electron chi connectivity index (χ2n) is 5.68. The minimum Gasteiger partial charge on any atom is -0.325 e. The van der Waals surface area contributed by atoms with Gasteiger partial charge in [-0.1, -0.05) is 41.7 Å². The number of Topliss-reactive ketones (excluding diaryl/α,β-unsaturated/α-hetero) is 1. The zero-order valence-electron chi connectivity index (χ0n) is 14.0. The molecule has 0 bridgehead atoms. The van der Waals surface area contributed by atoms with Gasteiger partial charge in [-0.05, 0) is 49.7 Å². The molecule has 0 unspecified atom stereocenters. The van der Waals surface area contributed by atoms with Crippen molar-refractivity contribution in [3.05, 3.63) is 59.7 Å². The zero-order chi connectivity index (χ0) is 17.8. The van der Waals surface area contributed by atoms with Gasteiger partial charge in [0.25, 0.3) is 0 Å². The van der Waals surface area contributed by atoms with Crippen LogP contribution in [-0.4, -0.2) is 21.3 Å². The van der Waals surface area contributed by atoms with Crippen LogP contribution in [0.1, 0.15) is 29.8 Å². The highest BCUT2D eigenvalue weighted by molar-refractivity contribution is 8.39. The molecule has 1 aliphatic rings. The van der Waals surface area contributed by atoms with Crippen LogP contribution in [0.25, 0.3) is 0 Å². The van der Waals surface area contributed by atoms with E-state index in [1.807, 2.05) is 25.1 Å². The standard InChI is InChI=1S/C19H18N2O2S2/c1-12(22)14-7-9-16(10-8-14)20-18(23)13(2)25-19-21-17-6-4-3-5-15(17)11-24-19/h3-10,13H,11H2,1-2H3,(H,20,23)/t13-/m0/s1. The Labute approximate surface area is 155 Å². The highest BCUT2D eigenvalue weighted by atomic mass is 32.2. The topological polar surface area (TPSA) is 58.5 Å². The minimum atomic E-state index is -0.260. The van der Waals surface area contributed by atoms with Crippen molar-refractivity contribution in [2.45, 2.75) is 24.9 Å². The van der Waals surface area contributed by atoms with E-state index in [2.05, 4.69) is 16.4 Å². The number of hydrogen-bond donors (Lipinski definition) is 1. The molecule has 0 aromatic heterocycles. The molecule has 1 amide bonds. The van der Waals surface area contributed by atoms with Crippen LogP contribution in [0.2, 0.25) is 0 Å². The van der Waals surface area contributed by atoms with E-state index in [9.17, 15) is 9.59 Å². The number of fused-ring (bicyclic) bond motifs is 1. The molecule has 128 valence electrons. The zero-order valence-corrected chi connectivity index (χ0v) is 15.6. The summed E-state index contributed by atoms with van der Waals surface area (Å²) in [5.41, 5.74) is 3.52. The van der Waals surface area contributed by atoms with E-state index < -0.39 is 0 Å². The summed E-state index contributed by atoms with van der Waals surface area (Å²) in [7, 11) is 0. The maximum Gasteiger partial charge on any atom is 0.237 e. The van der Waals surface area contributed by atoms with Gasteiger partial charge < -0.3 is 5.32 Å². The van der Waals surface area contributed by atoms with Crippen LogP contribution < -0.4 is 5.32 Å². The third-order valence-corrected chi connectivity index (χ3v) is 6.06. The van der Waals surface area contributed by atoms with Crippen LogP contribution in [0.3, 0.4) is 0 Å². The molecule has 1 heterocycles. The second kappa shape index (κ2) is 7.89. The van der Waals surface area contributed by atoms with Gasteiger partial charge >= 0.3 is 0 Å². The van der Waals surface area contributed by atoms with Crippen molar-refractivity contribution in [2.24, 2.45) is 4.99 Å². The van der Waals surface area contributed by atoms with E-state index in [1.165, 1.54) is 24.2 Å². The van der Waals surface area contributed by atoms with Gasteiger partial charge in [0, 0.05) is 17.0 Å². The summed E-state index contributed by atoms with van der Waals surface area (Å²) < 4.78 is 0.910. The SMILES string of the molecule is CC(=O)c1ccc(NC(=O)[C@H](C)SC2=Nc3ccccc3CS2)cc1. The molecule has 0 saturated heterocycles. The van der Waals surface area contributed by atoms with Gasteiger partial charge in [0.05, 0.1) is 10.9 Å².